The molecule has 5 rings (SSSR count). The molecule has 0 aromatic carbocycles. The minimum Gasteiger partial charge on any atom is -0.373 e. The number of halogens is 2. The normalized spacial score (nSPS) is 34.6. The van der Waals surface area contributed by atoms with Gasteiger partial charge in [0, 0.05) is 18.3 Å². The van der Waals surface area contributed by atoms with E-state index in [2.05, 4.69) is 15.3 Å². The first-order chi connectivity index (χ1) is 12.1. The summed E-state index contributed by atoms with van der Waals surface area (Å²) in [6.07, 6.45) is 6.33. The lowest BCUT2D eigenvalue weighted by atomic mass is 9.75. The second-order valence-electron chi connectivity index (χ2n) is 6.95. The lowest BCUT2D eigenvalue weighted by Crippen LogP contribution is -2.37. The van der Waals surface area contributed by atoms with Crippen LogP contribution in [-0.2, 0) is 9.53 Å². The Morgan fingerprint density at radius 1 is 1.20 bits per heavy atom. The summed E-state index contributed by atoms with van der Waals surface area (Å²) in [7, 11) is 0. The number of nitrogens with zero attached hydrogens (tertiary/aromatic N) is 2. The molecule has 128 valence electrons. The molecule has 4 heterocycles. The second kappa shape index (κ2) is 5.66. The summed E-state index contributed by atoms with van der Waals surface area (Å²) in [6.45, 7) is 0. The van der Waals surface area contributed by atoms with Crippen LogP contribution in [0, 0.1) is 17.8 Å². The number of aromatic nitrogens is 2. The molecule has 2 saturated heterocycles. The molecule has 0 radical (unpaired) electrons. The molecule has 3 aliphatic rings. The van der Waals surface area contributed by atoms with Crippen molar-refractivity contribution in [1.29, 1.82) is 0 Å². The largest absolute Gasteiger partial charge is 0.373 e. The van der Waals surface area contributed by atoms with Crippen LogP contribution in [0.1, 0.15) is 17.9 Å². The van der Waals surface area contributed by atoms with Crippen LogP contribution < -0.4 is 5.32 Å². The van der Waals surface area contributed by atoms with E-state index in [0.717, 1.165) is 12.0 Å². The topological polar surface area (TPSA) is 64.1 Å². The Hall–Kier alpha value is -1.69. The minimum atomic E-state index is -0.217. The lowest BCUT2D eigenvalue weighted by Gasteiger charge is -2.27. The number of carbonyl (C=O) groups excluding carboxylic acids is 1. The van der Waals surface area contributed by atoms with E-state index in [1.807, 2.05) is 12.1 Å². The Balaban J connectivity index is 1.44. The SMILES string of the molecule is O=C(Nc1cnc(Cl)c(Cl)c1)C1C2OC(C3CC32)C1c1ccncc1. The number of ether oxygens (including phenoxy) is 1. The van der Waals surface area contributed by atoms with Gasteiger partial charge in [0.2, 0.25) is 5.91 Å². The highest BCUT2D eigenvalue weighted by Crippen LogP contribution is 2.65. The van der Waals surface area contributed by atoms with Crippen LogP contribution >= 0.6 is 23.2 Å². The highest BCUT2D eigenvalue weighted by atomic mass is 35.5. The van der Waals surface area contributed by atoms with Crippen molar-refractivity contribution < 1.29 is 9.53 Å². The fraction of sp³-hybridized carbons (Fsp3) is 0.389. The summed E-state index contributed by atoms with van der Waals surface area (Å²) in [5.41, 5.74) is 1.66. The van der Waals surface area contributed by atoms with Crippen LogP contribution in [-0.4, -0.2) is 28.1 Å². The van der Waals surface area contributed by atoms with Crippen LogP contribution in [0.3, 0.4) is 0 Å². The van der Waals surface area contributed by atoms with Gasteiger partial charge in [-0.2, -0.15) is 0 Å². The first-order valence-electron chi connectivity index (χ1n) is 8.31. The Morgan fingerprint density at radius 2 is 1.96 bits per heavy atom. The summed E-state index contributed by atoms with van der Waals surface area (Å²) >= 11 is 11.8. The third-order valence-electron chi connectivity index (χ3n) is 5.60. The molecule has 7 heteroatoms. The number of rotatable bonds is 3. The standard InChI is InChI=1S/C18H15Cl2N3O2/c19-12-5-9(7-22-17(12)20)23-18(24)14-13(8-1-3-21-4-2-8)15-10-6-11(10)16(14)25-15/h1-5,7,10-11,13-16H,6H2,(H,23,24). The number of carbonyl (C=O) groups is 1. The van der Waals surface area contributed by atoms with Gasteiger partial charge in [-0.1, -0.05) is 23.2 Å². The van der Waals surface area contributed by atoms with Crippen molar-refractivity contribution in [2.75, 3.05) is 5.32 Å². The van der Waals surface area contributed by atoms with Gasteiger partial charge in [0.25, 0.3) is 0 Å². The molecule has 2 bridgehead atoms. The Morgan fingerprint density at radius 3 is 2.72 bits per heavy atom. The van der Waals surface area contributed by atoms with Gasteiger partial charge in [0.15, 0.2) is 0 Å². The van der Waals surface area contributed by atoms with E-state index < -0.39 is 0 Å². The van der Waals surface area contributed by atoms with Gasteiger partial charge in [0.1, 0.15) is 5.15 Å². The second-order valence-corrected chi connectivity index (χ2v) is 7.71. The van der Waals surface area contributed by atoms with E-state index in [4.69, 9.17) is 27.9 Å². The quantitative estimate of drug-likeness (QED) is 0.833. The number of pyridine rings is 2. The molecule has 0 spiro atoms. The van der Waals surface area contributed by atoms with Gasteiger partial charge < -0.3 is 10.1 Å². The summed E-state index contributed by atoms with van der Waals surface area (Å²) in [5.74, 6) is 0.905. The Kier molecular flexibility index (Phi) is 3.52. The Bertz CT molecular complexity index is 847. The molecule has 6 atom stereocenters. The molecule has 2 aromatic heterocycles. The molecular weight excluding hydrogens is 361 g/mol. The van der Waals surface area contributed by atoms with Crippen molar-refractivity contribution in [3.05, 3.63) is 52.5 Å². The molecule has 3 fully saturated rings. The maximum absolute atomic E-state index is 13.0. The third kappa shape index (κ3) is 2.45. The molecule has 6 unspecified atom stereocenters. The number of hydrogen-bond acceptors (Lipinski definition) is 4. The van der Waals surface area contributed by atoms with Crippen LogP contribution in [0.25, 0.3) is 0 Å². The van der Waals surface area contributed by atoms with Crippen molar-refractivity contribution in [3.63, 3.8) is 0 Å². The summed E-state index contributed by atoms with van der Waals surface area (Å²) < 4.78 is 6.17. The zero-order valence-electron chi connectivity index (χ0n) is 13.1. The predicted molar refractivity (Wildman–Crippen MR) is 93.6 cm³/mol. The zero-order valence-corrected chi connectivity index (χ0v) is 14.6. The van der Waals surface area contributed by atoms with Crippen molar-refractivity contribution in [2.24, 2.45) is 17.8 Å². The number of hydrogen-bond donors (Lipinski definition) is 1. The molecule has 2 aromatic rings. The van der Waals surface area contributed by atoms with E-state index in [1.54, 1.807) is 18.5 Å². The van der Waals surface area contributed by atoms with Crippen LogP contribution in [0.2, 0.25) is 10.2 Å². The van der Waals surface area contributed by atoms with Crippen molar-refractivity contribution >= 4 is 34.8 Å². The van der Waals surface area contributed by atoms with Crippen LogP contribution in [0.4, 0.5) is 5.69 Å². The minimum absolute atomic E-state index is 0.0103. The molecule has 1 N–H and O–H groups in total. The van der Waals surface area contributed by atoms with Gasteiger partial charge in [0.05, 0.1) is 35.0 Å². The zero-order chi connectivity index (χ0) is 17.1. The number of amides is 1. The van der Waals surface area contributed by atoms with Crippen LogP contribution in [0.5, 0.6) is 0 Å². The summed E-state index contributed by atoms with van der Waals surface area (Å²) in [6, 6.07) is 5.57. The summed E-state index contributed by atoms with van der Waals surface area (Å²) in [5, 5.41) is 3.47. The van der Waals surface area contributed by atoms with E-state index in [-0.39, 0.29) is 35.1 Å². The van der Waals surface area contributed by atoms with Crippen molar-refractivity contribution in [1.82, 2.24) is 9.97 Å². The average molecular weight is 376 g/mol. The smallest absolute Gasteiger partial charge is 0.230 e. The van der Waals surface area contributed by atoms with E-state index >= 15 is 0 Å². The fourth-order valence-corrected chi connectivity index (χ4v) is 4.76. The average Bonchev–Trinajstić information content (AvgIpc) is 3.23. The number of fused-ring (bicyclic) bond motifs is 5. The monoisotopic (exact) mass is 375 g/mol. The molecule has 5 nitrogen and oxygen atoms in total. The maximum atomic E-state index is 13.0. The van der Waals surface area contributed by atoms with Gasteiger partial charge >= 0.3 is 0 Å². The summed E-state index contributed by atoms with van der Waals surface area (Å²) in [4.78, 5) is 21.1. The van der Waals surface area contributed by atoms with E-state index in [0.29, 0.717) is 22.5 Å². The van der Waals surface area contributed by atoms with Crippen LogP contribution in [0.15, 0.2) is 36.8 Å². The van der Waals surface area contributed by atoms with Gasteiger partial charge in [-0.3, -0.25) is 9.78 Å². The number of nitrogens with one attached hydrogen (secondary N) is 1. The maximum Gasteiger partial charge on any atom is 0.230 e. The van der Waals surface area contributed by atoms with Gasteiger partial charge in [-0.05, 0) is 42.0 Å². The first kappa shape index (κ1) is 15.6. The van der Waals surface area contributed by atoms with Gasteiger partial charge in [-0.15, -0.1) is 0 Å². The Labute approximate surface area is 154 Å². The molecule has 2 aliphatic heterocycles. The fourth-order valence-electron chi connectivity index (χ4n) is 4.50. The van der Waals surface area contributed by atoms with Gasteiger partial charge in [-0.25, -0.2) is 4.98 Å². The third-order valence-corrected chi connectivity index (χ3v) is 6.29. The first-order valence-corrected chi connectivity index (χ1v) is 9.06. The predicted octanol–water partition coefficient (Wildman–Crippen LogP) is 3.54. The highest BCUT2D eigenvalue weighted by molar-refractivity contribution is 6.41. The molecule has 1 amide bonds. The van der Waals surface area contributed by atoms with E-state index in [9.17, 15) is 4.79 Å². The van der Waals surface area contributed by atoms with Crippen molar-refractivity contribution in [3.8, 4) is 0 Å². The number of anilines is 1. The lowest BCUT2D eigenvalue weighted by molar-refractivity contribution is -0.122. The molecular formula is C18H15Cl2N3O2. The van der Waals surface area contributed by atoms with E-state index in [1.165, 1.54) is 6.20 Å². The highest BCUT2D eigenvalue weighted by Gasteiger charge is 2.68. The molecule has 25 heavy (non-hydrogen) atoms. The molecule has 1 saturated carbocycles. The molecule has 1 aliphatic carbocycles. The van der Waals surface area contributed by atoms with Crippen molar-refractivity contribution in [2.45, 2.75) is 24.5 Å².